The molecule has 4 rings (SSSR count). The molecule has 36 heavy (non-hydrogen) atoms. The molecule has 0 heterocycles. The third-order valence-corrected chi connectivity index (χ3v) is 7.44. The number of aliphatic hydroxyl groups excluding tert-OH is 3. The zero-order valence-corrected chi connectivity index (χ0v) is 19.9. The lowest BCUT2D eigenvalue weighted by Crippen LogP contribution is -2.70. The number of hydrogen-bond donors (Lipinski definition) is 7. The molecule has 12 nitrogen and oxygen atoms in total. The van der Waals surface area contributed by atoms with Gasteiger partial charge in [-0.2, -0.15) is 0 Å². The van der Waals surface area contributed by atoms with Crippen molar-refractivity contribution in [2.75, 3.05) is 19.4 Å². The molecular formula is C24H27N3O9. The number of nitrogens with zero attached hydrogens (tertiary/aromatic N) is 1. The van der Waals surface area contributed by atoms with Crippen LogP contribution in [0.3, 0.4) is 0 Å². The first-order chi connectivity index (χ1) is 16.7. The highest BCUT2D eigenvalue weighted by Gasteiger charge is 2.68. The average Bonchev–Trinajstić information content (AvgIpc) is 2.77. The van der Waals surface area contributed by atoms with E-state index in [-0.39, 0.29) is 11.3 Å². The maximum atomic E-state index is 13.8. The molecule has 0 unspecified atom stereocenters. The van der Waals surface area contributed by atoms with E-state index in [0.717, 1.165) is 0 Å². The molecule has 8 N–H and O–H groups in total. The lowest BCUT2D eigenvalue weighted by atomic mass is 9.54. The number of carbonyl (C=O) groups is 4. The molecule has 2 amide bonds. The number of nitrogens with two attached hydrogens (primary N) is 1. The van der Waals surface area contributed by atoms with Gasteiger partial charge in [-0.25, -0.2) is 0 Å². The average molecular weight is 501 g/mol. The predicted molar refractivity (Wildman–Crippen MR) is 125 cm³/mol. The minimum atomic E-state index is -2.98. The van der Waals surface area contributed by atoms with Crippen molar-refractivity contribution in [3.05, 3.63) is 40.2 Å². The molecule has 0 saturated heterocycles. The van der Waals surface area contributed by atoms with Gasteiger partial charge in [-0.15, -0.1) is 0 Å². The molecule has 3 aliphatic rings. The van der Waals surface area contributed by atoms with Gasteiger partial charge in [-0.3, -0.25) is 24.1 Å². The number of phenols is 1. The third kappa shape index (κ3) is 3.11. The normalized spacial score (nSPS) is 31.7. The SMILES string of the molecule is CC(=O)Nc1ccc2c(c1O)C(O)=C1C(=O)[C@@]3(O)C(O)=C(C(N)=O)C(=O)[C@H](N(C)C)[C@H]3[C@H](O)[C@H]1[C@@H]2C. The van der Waals surface area contributed by atoms with Crippen LogP contribution >= 0.6 is 0 Å². The van der Waals surface area contributed by atoms with Gasteiger partial charge in [0.1, 0.15) is 22.8 Å². The molecule has 0 aromatic heterocycles. The number of carbonyl (C=O) groups excluding carboxylic acids is 4. The summed E-state index contributed by atoms with van der Waals surface area (Å²) in [5, 5.41) is 58.4. The van der Waals surface area contributed by atoms with Crippen LogP contribution in [0, 0.1) is 11.8 Å². The fraction of sp³-hybridized carbons (Fsp3) is 0.417. The molecule has 1 saturated carbocycles. The second-order valence-electron chi connectivity index (χ2n) is 9.66. The van der Waals surface area contributed by atoms with Crippen LogP contribution in [0.4, 0.5) is 5.69 Å². The summed E-state index contributed by atoms with van der Waals surface area (Å²) in [4.78, 5) is 51.8. The van der Waals surface area contributed by atoms with E-state index >= 15 is 0 Å². The molecule has 12 heteroatoms. The molecular weight excluding hydrogens is 474 g/mol. The summed E-state index contributed by atoms with van der Waals surface area (Å²) < 4.78 is 0. The molecule has 0 bridgehead atoms. The highest BCUT2D eigenvalue weighted by molar-refractivity contribution is 6.24. The van der Waals surface area contributed by atoms with Crippen LogP contribution < -0.4 is 11.1 Å². The van der Waals surface area contributed by atoms with Gasteiger partial charge in [0.2, 0.25) is 11.7 Å². The molecule has 192 valence electrons. The summed E-state index contributed by atoms with van der Waals surface area (Å²) >= 11 is 0. The van der Waals surface area contributed by atoms with Gasteiger partial charge in [0, 0.05) is 18.4 Å². The summed E-state index contributed by atoms with van der Waals surface area (Å²) in [5.41, 5.74) is 0.918. The number of hydrogen-bond acceptors (Lipinski definition) is 10. The number of anilines is 1. The lowest BCUT2D eigenvalue weighted by Gasteiger charge is -2.53. The first-order valence-electron chi connectivity index (χ1n) is 11.1. The Morgan fingerprint density at radius 3 is 2.28 bits per heavy atom. The van der Waals surface area contributed by atoms with E-state index in [4.69, 9.17) is 5.73 Å². The van der Waals surface area contributed by atoms with Crippen molar-refractivity contribution < 1.29 is 44.7 Å². The van der Waals surface area contributed by atoms with Crippen LogP contribution in [0.2, 0.25) is 0 Å². The highest BCUT2D eigenvalue weighted by atomic mass is 16.4. The van der Waals surface area contributed by atoms with E-state index in [1.165, 1.54) is 38.1 Å². The van der Waals surface area contributed by atoms with E-state index in [1.807, 2.05) is 0 Å². The monoisotopic (exact) mass is 501 g/mol. The van der Waals surface area contributed by atoms with Gasteiger partial charge in [-0.05, 0) is 31.6 Å². The standard InChI is InChI=1S/C24H27N3O9/c1-7-9-5-6-10(26-8(2)28)17(29)12(9)18(30)13-11(7)19(31)15-16(27(3)4)20(32)14(23(25)35)22(34)24(15,36)21(13)33/h5-7,11,15-16,19,29-31,34,36H,1-4H3,(H2,25,35)(H,26,28)/t7-,11+,15+,16-,19-,24-/m1/s1. The molecule has 1 aromatic carbocycles. The number of amides is 2. The van der Waals surface area contributed by atoms with Gasteiger partial charge in [0.05, 0.1) is 29.3 Å². The number of benzene rings is 1. The Hall–Kier alpha value is -3.74. The summed E-state index contributed by atoms with van der Waals surface area (Å²) in [6, 6.07) is 1.49. The number of nitrogens with one attached hydrogen (secondary N) is 1. The minimum absolute atomic E-state index is 0.0471. The molecule has 0 aliphatic heterocycles. The van der Waals surface area contributed by atoms with Gasteiger partial charge < -0.3 is 36.6 Å². The molecule has 0 radical (unpaired) electrons. The topological polar surface area (TPSA) is 211 Å². The molecule has 1 aromatic rings. The number of Topliss-reactive ketones (excluding diaryl/α,β-unsaturated/α-hetero) is 2. The first kappa shape index (κ1) is 25.4. The van der Waals surface area contributed by atoms with Gasteiger partial charge in [-0.1, -0.05) is 13.0 Å². The third-order valence-electron chi connectivity index (χ3n) is 7.44. The van der Waals surface area contributed by atoms with E-state index in [1.54, 1.807) is 6.92 Å². The van der Waals surface area contributed by atoms with E-state index < -0.39 is 87.3 Å². The zero-order valence-electron chi connectivity index (χ0n) is 19.9. The van der Waals surface area contributed by atoms with E-state index in [2.05, 4.69) is 5.32 Å². The Kier molecular flexibility index (Phi) is 5.74. The summed E-state index contributed by atoms with van der Waals surface area (Å²) in [5.74, 6) is -10.2. The highest BCUT2D eigenvalue weighted by Crippen LogP contribution is 2.56. The predicted octanol–water partition coefficient (Wildman–Crippen LogP) is -0.546. The van der Waals surface area contributed by atoms with Crippen LogP contribution in [0.1, 0.15) is 30.9 Å². The largest absolute Gasteiger partial charge is 0.508 e. The number of likely N-dealkylation sites (N-methyl/N-ethyl adjacent to an activating group) is 1. The molecule has 0 spiro atoms. The smallest absolute Gasteiger partial charge is 0.255 e. The Bertz CT molecular complexity index is 1300. The Labute approximate surface area is 205 Å². The fourth-order valence-electron chi connectivity index (χ4n) is 5.91. The maximum Gasteiger partial charge on any atom is 0.255 e. The van der Waals surface area contributed by atoms with Crippen LogP contribution in [-0.2, 0) is 19.2 Å². The number of aliphatic hydroxyl groups is 4. The number of phenolic OH excluding ortho intramolecular Hbond substituents is 1. The van der Waals surface area contributed by atoms with Crippen molar-refractivity contribution in [3.8, 4) is 5.75 Å². The van der Waals surface area contributed by atoms with E-state index in [9.17, 15) is 44.7 Å². The van der Waals surface area contributed by atoms with Crippen LogP contribution in [-0.4, -0.2) is 85.7 Å². The van der Waals surface area contributed by atoms with Crippen molar-refractivity contribution in [2.45, 2.75) is 37.5 Å². The number of rotatable bonds is 3. The van der Waals surface area contributed by atoms with Crippen molar-refractivity contribution in [1.82, 2.24) is 4.90 Å². The fourth-order valence-corrected chi connectivity index (χ4v) is 5.91. The Morgan fingerprint density at radius 2 is 1.75 bits per heavy atom. The Balaban J connectivity index is 2.04. The van der Waals surface area contributed by atoms with Crippen molar-refractivity contribution >= 4 is 34.8 Å². The zero-order chi connectivity index (χ0) is 27.0. The second-order valence-corrected chi connectivity index (χ2v) is 9.66. The first-order valence-corrected chi connectivity index (χ1v) is 11.1. The van der Waals surface area contributed by atoms with Crippen molar-refractivity contribution in [2.24, 2.45) is 17.6 Å². The number of fused-ring (bicyclic) bond motifs is 3. The second kappa shape index (κ2) is 8.15. The lowest BCUT2D eigenvalue weighted by molar-refractivity contribution is -0.169. The van der Waals surface area contributed by atoms with E-state index in [0.29, 0.717) is 5.56 Å². The molecule has 3 aliphatic carbocycles. The number of primary amides is 1. The molecule has 1 fully saturated rings. The summed E-state index contributed by atoms with van der Waals surface area (Å²) in [6.45, 7) is 2.83. The van der Waals surface area contributed by atoms with Crippen LogP contribution in [0.15, 0.2) is 29.0 Å². The van der Waals surface area contributed by atoms with Crippen LogP contribution in [0.5, 0.6) is 5.75 Å². The van der Waals surface area contributed by atoms with Gasteiger partial charge in [0.15, 0.2) is 11.4 Å². The van der Waals surface area contributed by atoms with Gasteiger partial charge >= 0.3 is 0 Å². The Morgan fingerprint density at radius 1 is 1.14 bits per heavy atom. The van der Waals surface area contributed by atoms with Gasteiger partial charge in [0.25, 0.3) is 5.91 Å². The molecule has 6 atom stereocenters. The summed E-state index contributed by atoms with van der Waals surface area (Å²) in [7, 11) is 2.87. The van der Waals surface area contributed by atoms with Crippen molar-refractivity contribution in [3.63, 3.8) is 0 Å². The van der Waals surface area contributed by atoms with Crippen LogP contribution in [0.25, 0.3) is 5.76 Å². The quantitative estimate of drug-likeness (QED) is 0.207. The number of aromatic hydroxyl groups is 1. The number of ketones is 2. The van der Waals surface area contributed by atoms with Crippen molar-refractivity contribution in [1.29, 1.82) is 0 Å². The minimum Gasteiger partial charge on any atom is -0.508 e. The maximum absolute atomic E-state index is 13.8. The summed E-state index contributed by atoms with van der Waals surface area (Å²) in [6.07, 6.45) is -1.67.